The Balaban J connectivity index is 2.70. The number of carbonyl (C=O) groups excluding carboxylic acids is 2. The number of ether oxygens (including phenoxy) is 2. The van der Waals surface area contributed by atoms with Crippen molar-refractivity contribution in [2.45, 2.75) is 45.8 Å². The minimum absolute atomic E-state index is 0.0588. The summed E-state index contributed by atoms with van der Waals surface area (Å²) in [6, 6.07) is -0.938. The Hall–Kier alpha value is -2.12. The van der Waals surface area contributed by atoms with Crippen LogP contribution in [0.5, 0.6) is 0 Å². The number of nitrogens with zero attached hydrogens (tertiary/aromatic N) is 2. The van der Waals surface area contributed by atoms with Crippen LogP contribution in [0.1, 0.15) is 32.5 Å². The number of methoxy groups -OCH3 is 1. The SMILES string of the molecule is COC(=O)[C@H](Cc1noc(C)n1)NC(=O)OC(C)(C)C. The Labute approximate surface area is 116 Å². The summed E-state index contributed by atoms with van der Waals surface area (Å²) in [7, 11) is 1.23. The van der Waals surface area contributed by atoms with Gasteiger partial charge in [-0.25, -0.2) is 9.59 Å². The molecule has 8 heteroatoms. The molecule has 0 radical (unpaired) electrons. The summed E-state index contributed by atoms with van der Waals surface area (Å²) in [6.07, 6.45) is -0.656. The van der Waals surface area contributed by atoms with E-state index in [2.05, 4.69) is 20.2 Å². The highest BCUT2D eigenvalue weighted by Crippen LogP contribution is 2.08. The number of nitrogens with one attached hydrogen (secondary N) is 1. The van der Waals surface area contributed by atoms with Crippen molar-refractivity contribution in [1.29, 1.82) is 0 Å². The van der Waals surface area contributed by atoms with E-state index < -0.39 is 23.7 Å². The minimum atomic E-state index is -0.938. The minimum Gasteiger partial charge on any atom is -0.467 e. The van der Waals surface area contributed by atoms with Gasteiger partial charge in [0.2, 0.25) is 5.89 Å². The van der Waals surface area contributed by atoms with Crippen LogP contribution in [0.25, 0.3) is 0 Å². The molecule has 0 saturated carbocycles. The molecule has 1 amide bonds. The van der Waals surface area contributed by atoms with Crippen LogP contribution in [0.4, 0.5) is 4.79 Å². The summed E-state index contributed by atoms with van der Waals surface area (Å²) in [4.78, 5) is 27.3. The van der Waals surface area contributed by atoms with Crippen molar-refractivity contribution in [3.05, 3.63) is 11.7 Å². The molecular weight excluding hydrogens is 266 g/mol. The first-order chi connectivity index (χ1) is 9.21. The third-order valence-corrected chi connectivity index (χ3v) is 2.13. The molecule has 1 atom stereocenters. The normalized spacial score (nSPS) is 12.7. The monoisotopic (exact) mass is 285 g/mol. The molecule has 1 aromatic rings. The lowest BCUT2D eigenvalue weighted by molar-refractivity contribution is -0.143. The van der Waals surface area contributed by atoms with E-state index in [1.54, 1.807) is 27.7 Å². The van der Waals surface area contributed by atoms with Gasteiger partial charge in [-0.1, -0.05) is 5.16 Å². The Bertz CT molecular complexity index is 478. The molecule has 20 heavy (non-hydrogen) atoms. The Morgan fingerprint density at radius 2 is 2.05 bits per heavy atom. The lowest BCUT2D eigenvalue weighted by Gasteiger charge is -2.22. The number of amides is 1. The number of hydrogen-bond donors (Lipinski definition) is 1. The maximum atomic E-state index is 11.7. The smallest absolute Gasteiger partial charge is 0.408 e. The molecule has 1 aromatic heterocycles. The number of aromatic nitrogens is 2. The van der Waals surface area contributed by atoms with Crippen LogP contribution in [0, 0.1) is 6.92 Å². The van der Waals surface area contributed by atoms with Gasteiger partial charge in [-0.15, -0.1) is 0 Å². The predicted octanol–water partition coefficient (Wildman–Crippen LogP) is 0.987. The van der Waals surface area contributed by atoms with Gasteiger partial charge in [0.25, 0.3) is 0 Å². The predicted molar refractivity (Wildman–Crippen MR) is 67.9 cm³/mol. The van der Waals surface area contributed by atoms with Crippen LogP contribution < -0.4 is 5.32 Å². The number of esters is 1. The molecule has 0 aliphatic carbocycles. The van der Waals surface area contributed by atoms with Gasteiger partial charge >= 0.3 is 12.1 Å². The molecule has 112 valence electrons. The first-order valence-electron chi connectivity index (χ1n) is 6.08. The highest BCUT2D eigenvalue weighted by atomic mass is 16.6. The number of hydrogen-bond acceptors (Lipinski definition) is 7. The van der Waals surface area contributed by atoms with Crippen LogP contribution in [0.2, 0.25) is 0 Å². The third-order valence-electron chi connectivity index (χ3n) is 2.13. The maximum Gasteiger partial charge on any atom is 0.408 e. The second-order valence-corrected chi connectivity index (χ2v) is 5.16. The summed E-state index contributed by atoms with van der Waals surface area (Å²) in [5, 5.41) is 6.09. The third kappa shape index (κ3) is 5.25. The van der Waals surface area contributed by atoms with Crippen LogP contribution in [-0.2, 0) is 20.7 Å². The van der Waals surface area contributed by atoms with E-state index in [9.17, 15) is 9.59 Å². The molecule has 0 spiro atoms. The molecule has 0 aliphatic heterocycles. The van der Waals surface area contributed by atoms with Crippen molar-refractivity contribution in [1.82, 2.24) is 15.5 Å². The summed E-state index contributed by atoms with van der Waals surface area (Å²) in [5.41, 5.74) is -0.659. The largest absolute Gasteiger partial charge is 0.467 e. The van der Waals surface area contributed by atoms with Crippen molar-refractivity contribution in [3.63, 3.8) is 0 Å². The standard InChI is InChI=1S/C12H19N3O5/c1-7-13-9(15-20-7)6-8(10(16)18-5)14-11(17)19-12(2,3)4/h8H,6H2,1-5H3,(H,14,17)/t8-/m0/s1. The molecule has 1 heterocycles. The lowest BCUT2D eigenvalue weighted by atomic mass is 10.2. The van der Waals surface area contributed by atoms with Crippen LogP contribution in [0.3, 0.4) is 0 Å². The highest BCUT2D eigenvalue weighted by molar-refractivity contribution is 5.81. The summed E-state index contributed by atoms with van der Waals surface area (Å²) < 4.78 is 14.5. The van der Waals surface area contributed by atoms with Gasteiger partial charge in [0.05, 0.1) is 7.11 Å². The Morgan fingerprint density at radius 1 is 1.40 bits per heavy atom. The molecule has 1 rings (SSSR count). The van der Waals surface area contributed by atoms with Crippen LogP contribution >= 0.6 is 0 Å². The van der Waals surface area contributed by atoms with Gasteiger partial charge in [0.1, 0.15) is 11.6 Å². The zero-order chi connectivity index (χ0) is 15.3. The molecule has 1 N–H and O–H groups in total. The average molecular weight is 285 g/mol. The first-order valence-corrected chi connectivity index (χ1v) is 6.08. The molecule has 0 aliphatic rings. The number of rotatable bonds is 4. The van der Waals surface area contributed by atoms with E-state index in [1.807, 2.05) is 0 Å². The van der Waals surface area contributed by atoms with E-state index in [-0.39, 0.29) is 6.42 Å². The van der Waals surface area contributed by atoms with Crippen molar-refractivity contribution in [3.8, 4) is 0 Å². The van der Waals surface area contributed by atoms with Crippen LogP contribution in [-0.4, -0.2) is 41.0 Å². The fraction of sp³-hybridized carbons (Fsp3) is 0.667. The maximum absolute atomic E-state index is 11.7. The number of carbonyl (C=O) groups is 2. The van der Waals surface area contributed by atoms with E-state index in [0.717, 1.165) is 0 Å². The van der Waals surface area contributed by atoms with Crippen molar-refractivity contribution >= 4 is 12.1 Å². The summed E-state index contributed by atoms with van der Waals surface area (Å²) in [5.74, 6) is 0.0631. The second kappa shape index (κ2) is 6.36. The van der Waals surface area contributed by atoms with Crippen LogP contribution in [0.15, 0.2) is 4.52 Å². The fourth-order valence-corrected chi connectivity index (χ4v) is 1.39. The molecular formula is C12H19N3O5. The van der Waals surface area contributed by atoms with E-state index in [1.165, 1.54) is 7.11 Å². The molecule has 0 saturated heterocycles. The fourth-order valence-electron chi connectivity index (χ4n) is 1.39. The topological polar surface area (TPSA) is 104 Å². The summed E-state index contributed by atoms with van der Waals surface area (Å²) >= 11 is 0. The van der Waals surface area contributed by atoms with Gasteiger partial charge in [-0.05, 0) is 20.8 Å². The Morgan fingerprint density at radius 3 is 2.50 bits per heavy atom. The van der Waals surface area contributed by atoms with E-state index in [0.29, 0.717) is 11.7 Å². The lowest BCUT2D eigenvalue weighted by Crippen LogP contribution is -2.45. The quantitative estimate of drug-likeness (QED) is 0.822. The van der Waals surface area contributed by atoms with Gasteiger partial charge in [-0.2, -0.15) is 4.98 Å². The van der Waals surface area contributed by atoms with Gasteiger partial charge < -0.3 is 19.3 Å². The number of alkyl carbamates (subject to hydrolysis) is 1. The first kappa shape index (κ1) is 15.9. The molecule has 0 fully saturated rings. The van der Waals surface area contributed by atoms with Gasteiger partial charge in [0.15, 0.2) is 5.82 Å². The zero-order valence-electron chi connectivity index (χ0n) is 12.2. The molecule has 0 bridgehead atoms. The van der Waals surface area contributed by atoms with Crippen molar-refractivity contribution in [2.75, 3.05) is 7.11 Å². The highest BCUT2D eigenvalue weighted by Gasteiger charge is 2.26. The molecule has 0 aromatic carbocycles. The van der Waals surface area contributed by atoms with Crippen molar-refractivity contribution in [2.24, 2.45) is 0 Å². The summed E-state index contributed by atoms with van der Waals surface area (Å²) in [6.45, 7) is 6.80. The van der Waals surface area contributed by atoms with E-state index in [4.69, 9.17) is 9.26 Å². The average Bonchev–Trinajstić information content (AvgIpc) is 2.70. The second-order valence-electron chi connectivity index (χ2n) is 5.16. The van der Waals surface area contributed by atoms with Crippen molar-refractivity contribution < 1.29 is 23.6 Å². The van der Waals surface area contributed by atoms with Gasteiger partial charge in [-0.3, -0.25) is 0 Å². The molecule has 8 nitrogen and oxygen atoms in total. The van der Waals surface area contributed by atoms with Gasteiger partial charge in [0, 0.05) is 13.3 Å². The van der Waals surface area contributed by atoms with E-state index >= 15 is 0 Å². The molecule has 0 unspecified atom stereocenters. The Kier molecular flexibility index (Phi) is 5.06. The zero-order valence-corrected chi connectivity index (χ0v) is 12.2. The number of aryl methyl sites for hydroxylation is 1.